The van der Waals surface area contributed by atoms with E-state index in [1.165, 1.54) is 16.7 Å². The van der Waals surface area contributed by atoms with Crippen molar-refractivity contribution in [2.45, 2.75) is 33.9 Å². The van der Waals surface area contributed by atoms with Crippen LogP contribution in [0.2, 0.25) is 0 Å². The third-order valence-corrected chi connectivity index (χ3v) is 4.55. The number of hydrogen-bond acceptors (Lipinski definition) is 1. The molecule has 26 heavy (non-hydrogen) atoms. The fourth-order valence-corrected chi connectivity index (χ4v) is 2.94. The third kappa shape index (κ3) is 4.54. The van der Waals surface area contributed by atoms with Crippen LogP contribution in [0.1, 0.15) is 27.9 Å². The number of benzene rings is 2. The lowest BCUT2D eigenvalue weighted by molar-refractivity contribution is 0.251. The molecule has 2 amide bonds. The summed E-state index contributed by atoms with van der Waals surface area (Å²) in [6, 6.07) is 18.2. The molecule has 0 spiro atoms. The lowest BCUT2D eigenvalue weighted by Crippen LogP contribution is -2.29. The molecular formula is C22H25N3O. The maximum atomic E-state index is 12.2. The van der Waals surface area contributed by atoms with Gasteiger partial charge in [0.15, 0.2) is 0 Å². The average molecular weight is 347 g/mol. The van der Waals surface area contributed by atoms with Crippen molar-refractivity contribution in [3.63, 3.8) is 0 Å². The van der Waals surface area contributed by atoms with Crippen LogP contribution in [0.5, 0.6) is 0 Å². The zero-order valence-corrected chi connectivity index (χ0v) is 15.5. The number of amides is 2. The van der Waals surface area contributed by atoms with E-state index in [4.69, 9.17) is 0 Å². The largest absolute Gasteiger partial charge is 0.345 e. The molecule has 2 N–H and O–H groups in total. The summed E-state index contributed by atoms with van der Waals surface area (Å²) < 4.78 is 2.16. The van der Waals surface area contributed by atoms with Gasteiger partial charge in [0, 0.05) is 24.1 Å². The minimum Gasteiger partial charge on any atom is -0.345 e. The number of nitrogens with zero attached hydrogens (tertiary/aromatic N) is 1. The number of rotatable bonds is 5. The highest BCUT2D eigenvalue weighted by Gasteiger charge is 2.06. The van der Waals surface area contributed by atoms with E-state index in [0.29, 0.717) is 6.54 Å². The van der Waals surface area contributed by atoms with Gasteiger partial charge in [0.2, 0.25) is 0 Å². The first kappa shape index (κ1) is 17.8. The number of aromatic nitrogens is 1. The quantitative estimate of drug-likeness (QED) is 0.685. The first-order chi connectivity index (χ1) is 12.5. The van der Waals surface area contributed by atoms with E-state index < -0.39 is 0 Å². The molecule has 1 heterocycles. The maximum absolute atomic E-state index is 12.2. The number of carbonyl (C=O) groups is 1. The summed E-state index contributed by atoms with van der Waals surface area (Å²) in [5, 5.41) is 5.82. The minimum absolute atomic E-state index is 0.198. The molecule has 0 fully saturated rings. The van der Waals surface area contributed by atoms with Crippen LogP contribution < -0.4 is 10.6 Å². The Balaban J connectivity index is 1.59. The average Bonchev–Trinajstić information content (AvgIpc) is 3.03. The fraction of sp³-hybridized carbons (Fsp3) is 0.227. The van der Waals surface area contributed by atoms with E-state index in [1.807, 2.05) is 43.5 Å². The highest BCUT2D eigenvalue weighted by Crippen LogP contribution is 2.14. The van der Waals surface area contributed by atoms with E-state index in [9.17, 15) is 4.79 Å². The molecule has 0 atom stereocenters. The normalized spacial score (nSPS) is 10.6. The molecule has 0 saturated carbocycles. The summed E-state index contributed by atoms with van der Waals surface area (Å²) in [4.78, 5) is 12.2. The highest BCUT2D eigenvalue weighted by molar-refractivity contribution is 5.89. The first-order valence-electron chi connectivity index (χ1n) is 8.83. The number of aryl methyl sites for hydroxylation is 3. The number of urea groups is 1. The smallest absolute Gasteiger partial charge is 0.319 e. The van der Waals surface area contributed by atoms with Gasteiger partial charge in [0.05, 0.1) is 6.54 Å². The number of carbonyl (C=O) groups excluding carboxylic acids is 1. The zero-order valence-electron chi connectivity index (χ0n) is 15.5. The third-order valence-electron chi connectivity index (χ3n) is 4.55. The summed E-state index contributed by atoms with van der Waals surface area (Å²) in [6.45, 7) is 7.47. The fourth-order valence-electron chi connectivity index (χ4n) is 2.94. The molecule has 2 aromatic carbocycles. The van der Waals surface area contributed by atoms with Gasteiger partial charge in [-0.3, -0.25) is 0 Å². The van der Waals surface area contributed by atoms with Crippen LogP contribution >= 0.6 is 0 Å². The molecule has 134 valence electrons. The SMILES string of the molecule is Cc1cccc(Cn2cccc2CNC(=O)Nc2ccc(C)c(C)c2)c1. The van der Waals surface area contributed by atoms with Crippen molar-refractivity contribution >= 4 is 11.7 Å². The lowest BCUT2D eigenvalue weighted by atomic mass is 10.1. The molecule has 0 bridgehead atoms. The van der Waals surface area contributed by atoms with Gasteiger partial charge < -0.3 is 15.2 Å². The summed E-state index contributed by atoms with van der Waals surface area (Å²) in [6.07, 6.45) is 2.04. The van der Waals surface area contributed by atoms with E-state index >= 15 is 0 Å². The van der Waals surface area contributed by atoms with Crippen LogP contribution in [-0.2, 0) is 13.1 Å². The van der Waals surface area contributed by atoms with E-state index in [0.717, 1.165) is 23.5 Å². The van der Waals surface area contributed by atoms with Crippen LogP contribution in [0.25, 0.3) is 0 Å². The number of nitrogens with one attached hydrogen (secondary N) is 2. The Morgan fingerprint density at radius 2 is 1.81 bits per heavy atom. The van der Waals surface area contributed by atoms with Crippen molar-refractivity contribution in [2.75, 3.05) is 5.32 Å². The van der Waals surface area contributed by atoms with Gasteiger partial charge in [-0.15, -0.1) is 0 Å². The predicted octanol–water partition coefficient (Wildman–Crippen LogP) is 4.78. The van der Waals surface area contributed by atoms with E-state index in [-0.39, 0.29) is 6.03 Å². The van der Waals surface area contributed by atoms with E-state index in [1.54, 1.807) is 0 Å². The van der Waals surface area contributed by atoms with Crippen LogP contribution in [0.3, 0.4) is 0 Å². The Morgan fingerprint density at radius 3 is 2.58 bits per heavy atom. The summed E-state index contributed by atoms with van der Waals surface area (Å²) in [5.41, 5.74) is 6.76. The zero-order chi connectivity index (χ0) is 18.5. The van der Waals surface area contributed by atoms with Gasteiger partial charge in [-0.2, -0.15) is 0 Å². The Morgan fingerprint density at radius 1 is 0.962 bits per heavy atom. The molecular weight excluding hydrogens is 322 g/mol. The topological polar surface area (TPSA) is 46.1 Å². The molecule has 0 aliphatic heterocycles. The van der Waals surface area contributed by atoms with E-state index in [2.05, 4.69) is 53.3 Å². The van der Waals surface area contributed by atoms with Crippen molar-refractivity contribution in [1.29, 1.82) is 0 Å². The highest BCUT2D eigenvalue weighted by atomic mass is 16.2. The molecule has 4 nitrogen and oxygen atoms in total. The molecule has 1 aromatic heterocycles. The van der Waals surface area contributed by atoms with Crippen LogP contribution in [0, 0.1) is 20.8 Å². The first-order valence-corrected chi connectivity index (χ1v) is 8.83. The molecule has 3 aromatic rings. The van der Waals surface area contributed by atoms with Gasteiger partial charge in [-0.25, -0.2) is 4.79 Å². The van der Waals surface area contributed by atoms with Gasteiger partial charge in [-0.05, 0) is 61.7 Å². The minimum atomic E-state index is -0.198. The Kier molecular flexibility index (Phi) is 5.42. The summed E-state index contributed by atoms with van der Waals surface area (Å²) >= 11 is 0. The molecule has 4 heteroatoms. The lowest BCUT2D eigenvalue weighted by Gasteiger charge is -2.12. The summed E-state index contributed by atoms with van der Waals surface area (Å²) in [5.74, 6) is 0. The van der Waals surface area contributed by atoms with Gasteiger partial charge >= 0.3 is 6.03 Å². The van der Waals surface area contributed by atoms with Crippen molar-refractivity contribution in [3.8, 4) is 0 Å². The Hall–Kier alpha value is -3.01. The summed E-state index contributed by atoms with van der Waals surface area (Å²) in [7, 11) is 0. The van der Waals surface area contributed by atoms with Gasteiger partial charge in [-0.1, -0.05) is 35.9 Å². The maximum Gasteiger partial charge on any atom is 0.319 e. The molecule has 0 radical (unpaired) electrons. The van der Waals surface area contributed by atoms with Crippen LogP contribution in [0.4, 0.5) is 10.5 Å². The Labute approximate surface area is 154 Å². The predicted molar refractivity (Wildman–Crippen MR) is 106 cm³/mol. The molecule has 0 unspecified atom stereocenters. The number of anilines is 1. The van der Waals surface area contributed by atoms with Crippen molar-refractivity contribution in [1.82, 2.24) is 9.88 Å². The number of hydrogen-bond donors (Lipinski definition) is 2. The molecule has 0 saturated heterocycles. The second-order valence-electron chi connectivity index (χ2n) is 6.72. The second kappa shape index (κ2) is 7.91. The van der Waals surface area contributed by atoms with Crippen molar-refractivity contribution in [3.05, 3.63) is 88.7 Å². The van der Waals surface area contributed by atoms with Gasteiger partial charge in [0.25, 0.3) is 0 Å². The molecule has 0 aliphatic rings. The second-order valence-corrected chi connectivity index (χ2v) is 6.72. The van der Waals surface area contributed by atoms with Gasteiger partial charge in [0.1, 0.15) is 0 Å². The monoisotopic (exact) mass is 347 g/mol. The molecule has 0 aliphatic carbocycles. The standard InChI is InChI=1S/C22H25N3O/c1-16-6-4-7-19(12-16)15-25-11-5-8-21(25)14-23-22(26)24-20-10-9-17(2)18(3)13-20/h4-13H,14-15H2,1-3H3,(H2,23,24,26). The van der Waals surface area contributed by atoms with Crippen LogP contribution in [0.15, 0.2) is 60.8 Å². The van der Waals surface area contributed by atoms with Crippen molar-refractivity contribution in [2.24, 2.45) is 0 Å². The molecule has 3 rings (SSSR count). The van der Waals surface area contributed by atoms with Crippen LogP contribution in [-0.4, -0.2) is 10.6 Å². The Bertz CT molecular complexity index is 911. The van der Waals surface area contributed by atoms with Crippen molar-refractivity contribution < 1.29 is 4.79 Å².